The predicted octanol–water partition coefficient (Wildman–Crippen LogP) is 1.68. The first kappa shape index (κ1) is 14.8. The highest BCUT2D eigenvalue weighted by molar-refractivity contribution is 6.10. The number of fused-ring (bicyclic) bond motifs is 1. The number of piperidine rings is 1. The summed E-state index contributed by atoms with van der Waals surface area (Å²) in [6.45, 7) is 6.39. The molecule has 1 saturated heterocycles. The quantitative estimate of drug-likeness (QED) is 0.802. The number of hydrogen-bond acceptors (Lipinski definition) is 3. The van der Waals surface area contributed by atoms with Gasteiger partial charge in [-0.2, -0.15) is 0 Å². The highest BCUT2D eigenvalue weighted by atomic mass is 16.2. The number of carbonyl (C=O) groups excluding carboxylic acids is 3. The fourth-order valence-corrected chi connectivity index (χ4v) is 3.08. The Morgan fingerprint density at radius 1 is 1.18 bits per heavy atom. The maximum Gasteiger partial charge on any atom is 0.249 e. The van der Waals surface area contributed by atoms with Crippen molar-refractivity contribution in [2.75, 3.05) is 4.90 Å². The molecule has 1 atom stereocenters. The first-order valence-electron chi connectivity index (χ1n) is 7.56. The summed E-state index contributed by atoms with van der Waals surface area (Å²) < 4.78 is 0. The molecule has 0 aromatic heterocycles. The van der Waals surface area contributed by atoms with Crippen molar-refractivity contribution in [1.29, 1.82) is 0 Å². The van der Waals surface area contributed by atoms with Gasteiger partial charge in [-0.05, 0) is 29.0 Å². The summed E-state index contributed by atoms with van der Waals surface area (Å²) in [4.78, 5) is 37.3. The normalized spacial score (nSPS) is 21.9. The zero-order valence-electron chi connectivity index (χ0n) is 13.1. The first-order valence-corrected chi connectivity index (χ1v) is 7.56. The Kier molecular flexibility index (Phi) is 3.31. The van der Waals surface area contributed by atoms with Gasteiger partial charge in [0.05, 0.1) is 6.42 Å². The van der Waals surface area contributed by atoms with E-state index in [-0.39, 0.29) is 29.6 Å². The van der Waals surface area contributed by atoms with Gasteiger partial charge in [0, 0.05) is 12.1 Å². The number of nitrogens with zero attached hydrogens (tertiary/aromatic N) is 1. The third-order valence-corrected chi connectivity index (χ3v) is 4.34. The first-order chi connectivity index (χ1) is 10.3. The van der Waals surface area contributed by atoms with Crippen molar-refractivity contribution in [3.05, 3.63) is 29.3 Å². The largest absolute Gasteiger partial charge is 0.299 e. The molecule has 0 spiro atoms. The van der Waals surface area contributed by atoms with Crippen LogP contribution in [0.3, 0.4) is 0 Å². The molecule has 3 rings (SSSR count). The number of nitrogens with one attached hydrogen (secondary N) is 1. The summed E-state index contributed by atoms with van der Waals surface area (Å²) in [7, 11) is 0. The van der Waals surface area contributed by atoms with Crippen LogP contribution in [0.5, 0.6) is 0 Å². The molecule has 5 nitrogen and oxygen atoms in total. The molecule has 116 valence electrons. The van der Waals surface area contributed by atoms with E-state index in [9.17, 15) is 14.4 Å². The molecule has 3 amide bonds. The highest BCUT2D eigenvalue weighted by Crippen LogP contribution is 2.35. The predicted molar refractivity (Wildman–Crippen MR) is 82.5 cm³/mol. The van der Waals surface area contributed by atoms with Gasteiger partial charge in [0.1, 0.15) is 6.04 Å². The van der Waals surface area contributed by atoms with Crippen LogP contribution in [-0.4, -0.2) is 23.8 Å². The lowest BCUT2D eigenvalue weighted by molar-refractivity contribution is -0.135. The Bertz CT molecular complexity index is 673. The Morgan fingerprint density at radius 2 is 1.91 bits per heavy atom. The number of benzene rings is 1. The molecule has 2 aliphatic heterocycles. The summed E-state index contributed by atoms with van der Waals surface area (Å²) in [6.07, 6.45) is 0.976. The van der Waals surface area contributed by atoms with E-state index >= 15 is 0 Å². The lowest BCUT2D eigenvalue weighted by Gasteiger charge is -2.30. The molecule has 2 heterocycles. The van der Waals surface area contributed by atoms with E-state index in [0.717, 1.165) is 11.3 Å². The molecule has 22 heavy (non-hydrogen) atoms. The molecule has 1 unspecified atom stereocenters. The third-order valence-electron chi connectivity index (χ3n) is 4.34. The van der Waals surface area contributed by atoms with Crippen LogP contribution in [-0.2, 0) is 26.2 Å². The van der Waals surface area contributed by atoms with Crippen LogP contribution < -0.4 is 10.2 Å². The minimum atomic E-state index is -0.577. The molecule has 0 saturated carbocycles. The van der Waals surface area contributed by atoms with Gasteiger partial charge in [-0.3, -0.25) is 24.6 Å². The van der Waals surface area contributed by atoms with Crippen LogP contribution in [0.4, 0.5) is 5.69 Å². The van der Waals surface area contributed by atoms with Crippen LogP contribution in [0.2, 0.25) is 0 Å². The van der Waals surface area contributed by atoms with E-state index in [0.29, 0.717) is 12.8 Å². The van der Waals surface area contributed by atoms with Gasteiger partial charge in [-0.25, -0.2) is 0 Å². The molecule has 1 aromatic carbocycles. The molecule has 1 fully saturated rings. The second-order valence-corrected chi connectivity index (χ2v) is 7.00. The van der Waals surface area contributed by atoms with Gasteiger partial charge < -0.3 is 0 Å². The molecule has 5 heteroatoms. The Hall–Kier alpha value is -2.17. The highest BCUT2D eigenvalue weighted by Gasteiger charge is 2.39. The van der Waals surface area contributed by atoms with E-state index in [4.69, 9.17) is 0 Å². The van der Waals surface area contributed by atoms with Crippen molar-refractivity contribution in [2.45, 2.75) is 51.5 Å². The van der Waals surface area contributed by atoms with Gasteiger partial charge in [0.15, 0.2) is 0 Å². The van der Waals surface area contributed by atoms with Crippen molar-refractivity contribution in [3.8, 4) is 0 Å². The van der Waals surface area contributed by atoms with Gasteiger partial charge in [-0.15, -0.1) is 0 Å². The standard InChI is InChI=1S/C17H20N2O3/c1-17(2,3)11-4-5-12-10(8-11)9-15(21)19(12)13-6-7-14(20)18-16(13)22/h4-5,8,13H,6-7,9H2,1-3H3,(H,18,20,22). The van der Waals surface area contributed by atoms with Crippen LogP contribution >= 0.6 is 0 Å². The van der Waals surface area contributed by atoms with Crippen molar-refractivity contribution in [3.63, 3.8) is 0 Å². The van der Waals surface area contributed by atoms with Crippen molar-refractivity contribution in [1.82, 2.24) is 5.32 Å². The summed E-state index contributed by atoms with van der Waals surface area (Å²) >= 11 is 0. The molecular formula is C17H20N2O3. The number of anilines is 1. The number of carbonyl (C=O) groups is 3. The second kappa shape index (κ2) is 4.93. The minimum absolute atomic E-state index is 0.0140. The molecule has 0 bridgehead atoms. The lowest BCUT2D eigenvalue weighted by Crippen LogP contribution is -2.53. The number of hydrogen-bond donors (Lipinski definition) is 1. The van der Waals surface area contributed by atoms with E-state index in [1.807, 2.05) is 12.1 Å². The van der Waals surface area contributed by atoms with Crippen molar-refractivity contribution >= 4 is 23.4 Å². The summed E-state index contributed by atoms with van der Waals surface area (Å²) in [5.74, 6) is -0.718. The molecule has 0 aliphatic carbocycles. The van der Waals surface area contributed by atoms with E-state index in [1.165, 1.54) is 5.56 Å². The second-order valence-electron chi connectivity index (χ2n) is 7.00. The summed E-state index contributed by atoms with van der Waals surface area (Å²) in [6, 6.07) is 5.41. The lowest BCUT2D eigenvalue weighted by atomic mass is 9.86. The van der Waals surface area contributed by atoms with Gasteiger partial charge in [0.2, 0.25) is 17.7 Å². The molecule has 1 aromatic rings. The summed E-state index contributed by atoms with van der Waals surface area (Å²) in [5, 5.41) is 2.32. The van der Waals surface area contributed by atoms with Gasteiger partial charge in [0.25, 0.3) is 0 Å². The van der Waals surface area contributed by atoms with E-state index < -0.39 is 6.04 Å². The maximum atomic E-state index is 12.4. The average molecular weight is 300 g/mol. The van der Waals surface area contributed by atoms with Crippen LogP contribution in [0.15, 0.2) is 18.2 Å². The Balaban J connectivity index is 1.95. The van der Waals surface area contributed by atoms with Crippen LogP contribution in [0, 0.1) is 0 Å². The van der Waals surface area contributed by atoms with Gasteiger partial charge >= 0.3 is 0 Å². The Morgan fingerprint density at radius 3 is 2.55 bits per heavy atom. The number of amides is 3. The number of rotatable bonds is 1. The topological polar surface area (TPSA) is 66.5 Å². The Labute approximate surface area is 129 Å². The molecule has 1 N–H and O–H groups in total. The van der Waals surface area contributed by atoms with E-state index in [2.05, 4.69) is 32.2 Å². The molecule has 2 aliphatic rings. The third kappa shape index (κ3) is 2.40. The van der Waals surface area contributed by atoms with Crippen molar-refractivity contribution < 1.29 is 14.4 Å². The van der Waals surface area contributed by atoms with Gasteiger partial charge in [-0.1, -0.05) is 32.9 Å². The zero-order chi connectivity index (χ0) is 16.1. The SMILES string of the molecule is CC(C)(C)c1ccc2c(c1)CC(=O)N2C1CCC(=O)NC1=O. The molecule has 0 radical (unpaired) electrons. The van der Waals surface area contributed by atoms with Crippen LogP contribution in [0.1, 0.15) is 44.7 Å². The minimum Gasteiger partial charge on any atom is -0.299 e. The monoisotopic (exact) mass is 300 g/mol. The fourth-order valence-electron chi connectivity index (χ4n) is 3.08. The average Bonchev–Trinajstić information content (AvgIpc) is 2.73. The maximum absolute atomic E-state index is 12.4. The van der Waals surface area contributed by atoms with Crippen molar-refractivity contribution in [2.24, 2.45) is 0 Å². The smallest absolute Gasteiger partial charge is 0.249 e. The zero-order valence-corrected chi connectivity index (χ0v) is 13.1. The molecular weight excluding hydrogens is 280 g/mol. The summed E-state index contributed by atoms with van der Waals surface area (Å²) in [5.41, 5.74) is 2.94. The number of imide groups is 1. The van der Waals surface area contributed by atoms with E-state index in [1.54, 1.807) is 4.90 Å². The van der Waals surface area contributed by atoms with Crippen LogP contribution in [0.25, 0.3) is 0 Å². The fraction of sp³-hybridized carbons (Fsp3) is 0.471.